The van der Waals surface area contributed by atoms with Crippen molar-refractivity contribution in [3.63, 3.8) is 0 Å². The van der Waals surface area contributed by atoms with Crippen LogP contribution >= 0.6 is 0 Å². The number of amides is 2. The van der Waals surface area contributed by atoms with Crippen molar-refractivity contribution in [1.82, 2.24) is 15.5 Å². The molecule has 0 bridgehead atoms. The first-order valence-electron chi connectivity index (χ1n) is 10.5. The lowest BCUT2D eigenvalue weighted by Gasteiger charge is -2.30. The van der Waals surface area contributed by atoms with E-state index in [1.54, 1.807) is 12.1 Å². The van der Waals surface area contributed by atoms with Gasteiger partial charge in [0.05, 0.1) is 6.26 Å². The number of nitrogens with one attached hydrogen (secondary N) is 2. The third-order valence-electron chi connectivity index (χ3n) is 5.41. The molecular weight excluding hydrogens is 366 g/mol. The molecule has 3 rings (SSSR count). The smallest absolute Gasteiger partial charge is 0.286 e. The molecule has 29 heavy (non-hydrogen) atoms. The molecule has 1 aromatic carbocycles. The Morgan fingerprint density at radius 2 is 1.79 bits per heavy atom. The molecule has 0 saturated carbocycles. The second-order valence-electron chi connectivity index (χ2n) is 7.89. The molecule has 0 spiro atoms. The van der Waals surface area contributed by atoms with Gasteiger partial charge in [-0.25, -0.2) is 0 Å². The second-order valence-corrected chi connectivity index (χ2v) is 7.89. The Balaban J connectivity index is 1.30. The quantitative estimate of drug-likeness (QED) is 0.637. The maximum absolute atomic E-state index is 12.0. The first-order valence-corrected chi connectivity index (χ1v) is 10.5. The summed E-state index contributed by atoms with van der Waals surface area (Å²) >= 11 is 0. The average Bonchev–Trinajstić information content (AvgIpc) is 3.27. The van der Waals surface area contributed by atoms with E-state index in [-0.39, 0.29) is 17.6 Å². The van der Waals surface area contributed by atoms with Crippen LogP contribution in [0.3, 0.4) is 0 Å². The third kappa shape index (κ3) is 7.06. The van der Waals surface area contributed by atoms with E-state index in [0.717, 1.165) is 18.0 Å². The fourth-order valence-electron chi connectivity index (χ4n) is 3.48. The van der Waals surface area contributed by atoms with Crippen molar-refractivity contribution in [2.45, 2.75) is 45.7 Å². The molecule has 1 saturated heterocycles. The van der Waals surface area contributed by atoms with E-state index in [4.69, 9.17) is 4.42 Å². The molecule has 2 N–H and O–H groups in total. The van der Waals surface area contributed by atoms with Crippen LogP contribution in [0.25, 0.3) is 0 Å². The standard InChI is InChI=1S/C23H31N3O3/c1-18-10-13-26(14-11-18)17-20-8-6-19(7-9-20)16-25-22(27)5-2-12-24-23(28)21-4-3-15-29-21/h3-4,6-9,15,18H,2,5,10-14,16-17H2,1H3,(H,24,28)(H,25,27). The summed E-state index contributed by atoms with van der Waals surface area (Å²) < 4.78 is 5.02. The van der Waals surface area contributed by atoms with Gasteiger partial charge in [0.1, 0.15) is 0 Å². The van der Waals surface area contributed by atoms with Crippen molar-refractivity contribution in [2.75, 3.05) is 19.6 Å². The minimum absolute atomic E-state index is 0.0104. The van der Waals surface area contributed by atoms with Gasteiger partial charge in [-0.3, -0.25) is 14.5 Å². The number of benzene rings is 1. The maximum atomic E-state index is 12.0. The van der Waals surface area contributed by atoms with Gasteiger partial charge in [-0.15, -0.1) is 0 Å². The van der Waals surface area contributed by atoms with Gasteiger partial charge in [0.15, 0.2) is 5.76 Å². The monoisotopic (exact) mass is 397 g/mol. The van der Waals surface area contributed by atoms with Crippen LogP contribution in [0.5, 0.6) is 0 Å². The van der Waals surface area contributed by atoms with Crippen molar-refractivity contribution in [2.24, 2.45) is 5.92 Å². The zero-order valence-electron chi connectivity index (χ0n) is 17.2. The summed E-state index contributed by atoms with van der Waals surface area (Å²) in [4.78, 5) is 26.2. The van der Waals surface area contributed by atoms with Gasteiger partial charge in [0.25, 0.3) is 5.91 Å². The van der Waals surface area contributed by atoms with Gasteiger partial charge in [0, 0.05) is 26.1 Å². The zero-order valence-corrected chi connectivity index (χ0v) is 17.2. The van der Waals surface area contributed by atoms with Crippen LogP contribution in [0.1, 0.15) is 54.3 Å². The Morgan fingerprint density at radius 1 is 1.07 bits per heavy atom. The SMILES string of the molecule is CC1CCN(Cc2ccc(CNC(=O)CCCNC(=O)c3ccco3)cc2)CC1. The summed E-state index contributed by atoms with van der Waals surface area (Å²) in [5.41, 5.74) is 2.42. The summed E-state index contributed by atoms with van der Waals surface area (Å²) in [5, 5.41) is 5.68. The van der Waals surface area contributed by atoms with Crippen LogP contribution in [-0.4, -0.2) is 36.3 Å². The predicted molar refractivity (Wildman–Crippen MR) is 112 cm³/mol. The summed E-state index contributed by atoms with van der Waals surface area (Å²) in [5.74, 6) is 0.871. The molecule has 6 heteroatoms. The van der Waals surface area contributed by atoms with E-state index in [0.29, 0.717) is 25.9 Å². The fourth-order valence-corrected chi connectivity index (χ4v) is 3.48. The Bertz CT molecular complexity index is 763. The normalized spacial score (nSPS) is 15.2. The number of furan rings is 1. The van der Waals surface area contributed by atoms with Gasteiger partial charge in [0.2, 0.25) is 5.91 Å². The number of rotatable bonds is 9. The van der Waals surface area contributed by atoms with E-state index in [1.165, 1.54) is 37.8 Å². The van der Waals surface area contributed by atoms with E-state index in [2.05, 4.69) is 46.7 Å². The van der Waals surface area contributed by atoms with Gasteiger partial charge in [-0.2, -0.15) is 0 Å². The molecule has 1 aromatic heterocycles. The fraction of sp³-hybridized carbons (Fsp3) is 0.478. The van der Waals surface area contributed by atoms with Crippen LogP contribution < -0.4 is 10.6 Å². The Labute approximate surface area is 172 Å². The number of carbonyl (C=O) groups is 2. The van der Waals surface area contributed by atoms with Gasteiger partial charge < -0.3 is 15.1 Å². The third-order valence-corrected chi connectivity index (χ3v) is 5.41. The minimum Gasteiger partial charge on any atom is -0.459 e. The summed E-state index contributed by atoms with van der Waals surface area (Å²) in [7, 11) is 0. The van der Waals surface area contributed by atoms with Gasteiger partial charge in [-0.05, 0) is 61.5 Å². The molecule has 1 fully saturated rings. The molecule has 1 aliphatic heterocycles. The summed E-state index contributed by atoms with van der Waals surface area (Å²) in [6, 6.07) is 11.8. The van der Waals surface area contributed by atoms with Gasteiger partial charge >= 0.3 is 0 Å². The molecule has 6 nitrogen and oxygen atoms in total. The molecule has 156 valence electrons. The van der Waals surface area contributed by atoms with E-state index < -0.39 is 0 Å². The topological polar surface area (TPSA) is 74.6 Å². The highest BCUT2D eigenvalue weighted by molar-refractivity contribution is 5.91. The summed E-state index contributed by atoms with van der Waals surface area (Å²) in [6.45, 7) is 6.67. The van der Waals surface area contributed by atoms with Crippen molar-refractivity contribution >= 4 is 11.8 Å². The highest BCUT2D eigenvalue weighted by atomic mass is 16.3. The van der Waals surface area contributed by atoms with Gasteiger partial charge in [-0.1, -0.05) is 31.2 Å². The first kappa shape index (κ1) is 21.1. The Kier molecular flexibility index (Phi) is 7.87. The highest BCUT2D eigenvalue weighted by Crippen LogP contribution is 2.18. The molecule has 2 heterocycles. The zero-order chi connectivity index (χ0) is 20.5. The number of hydrogen-bond acceptors (Lipinski definition) is 4. The second kappa shape index (κ2) is 10.8. The lowest BCUT2D eigenvalue weighted by atomic mass is 9.99. The minimum atomic E-state index is -0.255. The lowest BCUT2D eigenvalue weighted by Crippen LogP contribution is -2.32. The van der Waals surface area contributed by atoms with Crippen molar-refractivity contribution in [3.8, 4) is 0 Å². The largest absolute Gasteiger partial charge is 0.459 e. The predicted octanol–water partition coefficient (Wildman–Crippen LogP) is 3.34. The molecule has 0 unspecified atom stereocenters. The van der Waals surface area contributed by atoms with Crippen LogP contribution in [0.2, 0.25) is 0 Å². The lowest BCUT2D eigenvalue weighted by molar-refractivity contribution is -0.121. The molecule has 2 aromatic rings. The van der Waals surface area contributed by atoms with Crippen molar-refractivity contribution in [1.29, 1.82) is 0 Å². The number of carbonyl (C=O) groups excluding carboxylic acids is 2. The molecule has 2 amide bonds. The first-order chi connectivity index (χ1) is 14.1. The van der Waals surface area contributed by atoms with Crippen molar-refractivity contribution in [3.05, 3.63) is 59.5 Å². The maximum Gasteiger partial charge on any atom is 0.286 e. The van der Waals surface area contributed by atoms with E-state index >= 15 is 0 Å². The molecule has 0 aliphatic carbocycles. The van der Waals surface area contributed by atoms with Crippen LogP contribution in [0.4, 0.5) is 0 Å². The van der Waals surface area contributed by atoms with E-state index in [1.807, 2.05) is 0 Å². The molecule has 1 aliphatic rings. The molecular formula is C23H31N3O3. The van der Waals surface area contributed by atoms with Crippen molar-refractivity contribution < 1.29 is 14.0 Å². The average molecular weight is 398 g/mol. The van der Waals surface area contributed by atoms with E-state index in [9.17, 15) is 9.59 Å². The Morgan fingerprint density at radius 3 is 2.48 bits per heavy atom. The molecule has 0 radical (unpaired) electrons. The Hall–Kier alpha value is -2.60. The number of hydrogen-bond donors (Lipinski definition) is 2. The molecule has 0 atom stereocenters. The van der Waals surface area contributed by atoms with Crippen LogP contribution in [0.15, 0.2) is 47.1 Å². The summed E-state index contributed by atoms with van der Waals surface area (Å²) in [6.07, 6.45) is 5.01. The number of likely N-dealkylation sites (tertiary alicyclic amines) is 1. The van der Waals surface area contributed by atoms with Crippen LogP contribution in [-0.2, 0) is 17.9 Å². The number of nitrogens with zero attached hydrogens (tertiary/aromatic N) is 1. The number of piperidine rings is 1. The van der Waals surface area contributed by atoms with Crippen LogP contribution in [0, 0.1) is 5.92 Å². The highest BCUT2D eigenvalue weighted by Gasteiger charge is 2.15.